The minimum absolute atomic E-state index is 0.356. The number of nitrogens with two attached hydrogens (primary N) is 1. The van der Waals surface area contributed by atoms with E-state index in [9.17, 15) is 4.79 Å². The number of carbonyl (C=O) groups excluding carboxylic acids is 1. The molecule has 3 N–H and O–H groups in total. The highest BCUT2D eigenvalue weighted by Gasteiger charge is 2.15. The Bertz CT molecular complexity index is 519. The van der Waals surface area contributed by atoms with Gasteiger partial charge in [-0.25, -0.2) is 4.79 Å². The van der Waals surface area contributed by atoms with E-state index in [1.807, 2.05) is 6.07 Å². The molecule has 0 amide bonds. The molecule has 0 spiro atoms. The fourth-order valence-corrected chi connectivity index (χ4v) is 1.74. The Balaban J connectivity index is 2.63. The van der Waals surface area contributed by atoms with Gasteiger partial charge in [0.2, 0.25) is 0 Å². The summed E-state index contributed by atoms with van der Waals surface area (Å²) < 4.78 is 4.74. The fourth-order valence-electron chi connectivity index (χ4n) is 1.74. The first-order chi connectivity index (χ1) is 7.77. The molecule has 0 aliphatic rings. The van der Waals surface area contributed by atoms with Crippen LogP contribution in [0.4, 0.5) is 0 Å². The Labute approximate surface area is 92.6 Å². The lowest BCUT2D eigenvalue weighted by Gasteiger charge is -2.02. The van der Waals surface area contributed by atoms with Crippen molar-refractivity contribution in [2.45, 2.75) is 6.42 Å². The quantitative estimate of drug-likeness (QED) is 0.750. The van der Waals surface area contributed by atoms with Crippen molar-refractivity contribution in [3.8, 4) is 0 Å². The van der Waals surface area contributed by atoms with Gasteiger partial charge < -0.3 is 10.5 Å². The van der Waals surface area contributed by atoms with E-state index in [0.717, 1.165) is 16.6 Å². The van der Waals surface area contributed by atoms with Gasteiger partial charge in [0.1, 0.15) is 0 Å². The van der Waals surface area contributed by atoms with E-state index in [1.165, 1.54) is 7.11 Å². The Kier molecular flexibility index (Phi) is 2.87. The zero-order chi connectivity index (χ0) is 11.5. The monoisotopic (exact) mass is 219 g/mol. The summed E-state index contributed by atoms with van der Waals surface area (Å²) in [5, 5.41) is 7.83. The molecule has 0 saturated heterocycles. The van der Waals surface area contributed by atoms with Crippen molar-refractivity contribution >= 4 is 16.9 Å². The molecule has 0 saturated carbocycles. The Morgan fingerprint density at radius 3 is 3.06 bits per heavy atom. The first-order valence-electron chi connectivity index (χ1n) is 5.02. The van der Waals surface area contributed by atoms with Gasteiger partial charge in [0.25, 0.3) is 0 Å². The van der Waals surface area contributed by atoms with Gasteiger partial charge >= 0.3 is 5.97 Å². The van der Waals surface area contributed by atoms with Crippen LogP contribution in [0.2, 0.25) is 0 Å². The van der Waals surface area contributed by atoms with Crippen LogP contribution in [-0.4, -0.2) is 29.8 Å². The van der Waals surface area contributed by atoms with E-state index in [4.69, 9.17) is 10.5 Å². The maximum absolute atomic E-state index is 11.6. The number of esters is 1. The van der Waals surface area contributed by atoms with Crippen LogP contribution in [0.3, 0.4) is 0 Å². The van der Waals surface area contributed by atoms with Gasteiger partial charge in [-0.3, -0.25) is 5.10 Å². The summed E-state index contributed by atoms with van der Waals surface area (Å²) in [5.74, 6) is -0.356. The SMILES string of the molecule is COC(=O)c1cccc2n[nH]c(CCN)c12. The lowest BCUT2D eigenvalue weighted by molar-refractivity contribution is 0.0603. The first-order valence-corrected chi connectivity index (χ1v) is 5.02. The van der Waals surface area contributed by atoms with Crippen molar-refractivity contribution in [2.75, 3.05) is 13.7 Å². The number of ether oxygens (including phenoxy) is 1. The van der Waals surface area contributed by atoms with Crippen LogP contribution in [0.1, 0.15) is 16.1 Å². The number of nitrogens with one attached hydrogen (secondary N) is 1. The number of aromatic amines is 1. The second-order valence-electron chi connectivity index (χ2n) is 3.43. The molecule has 0 aliphatic heterocycles. The Morgan fingerprint density at radius 2 is 2.38 bits per heavy atom. The third-order valence-electron chi connectivity index (χ3n) is 2.46. The summed E-state index contributed by atoms with van der Waals surface area (Å²) in [6.45, 7) is 0.507. The van der Waals surface area contributed by atoms with Crippen LogP contribution in [0.25, 0.3) is 10.9 Å². The largest absolute Gasteiger partial charge is 0.465 e. The number of nitrogens with zero attached hydrogens (tertiary/aromatic N) is 1. The average molecular weight is 219 g/mol. The summed E-state index contributed by atoms with van der Waals surface area (Å²) in [5.41, 5.74) is 7.66. The number of carbonyl (C=O) groups is 1. The molecule has 1 aromatic carbocycles. The molecule has 1 heterocycles. The van der Waals surface area contributed by atoms with Crippen LogP contribution >= 0.6 is 0 Å². The molecule has 0 unspecified atom stereocenters. The van der Waals surface area contributed by atoms with E-state index in [-0.39, 0.29) is 5.97 Å². The number of rotatable bonds is 3. The molecule has 1 aromatic heterocycles. The lowest BCUT2D eigenvalue weighted by Crippen LogP contribution is -2.06. The van der Waals surface area contributed by atoms with E-state index in [2.05, 4.69) is 10.2 Å². The minimum atomic E-state index is -0.356. The van der Waals surface area contributed by atoms with E-state index in [0.29, 0.717) is 18.5 Å². The molecule has 0 bridgehead atoms. The molecular formula is C11H13N3O2. The summed E-state index contributed by atoms with van der Waals surface area (Å²) >= 11 is 0. The van der Waals surface area contributed by atoms with Crippen molar-refractivity contribution in [3.05, 3.63) is 29.5 Å². The van der Waals surface area contributed by atoms with Crippen molar-refractivity contribution in [2.24, 2.45) is 5.73 Å². The van der Waals surface area contributed by atoms with Crippen LogP contribution in [0.15, 0.2) is 18.2 Å². The van der Waals surface area contributed by atoms with Crippen LogP contribution < -0.4 is 5.73 Å². The second kappa shape index (κ2) is 4.32. The first kappa shape index (κ1) is 10.6. The molecule has 0 fully saturated rings. The maximum Gasteiger partial charge on any atom is 0.338 e. The van der Waals surface area contributed by atoms with Crippen LogP contribution in [-0.2, 0) is 11.2 Å². The molecule has 2 aromatic rings. The molecule has 16 heavy (non-hydrogen) atoms. The number of hydrogen-bond donors (Lipinski definition) is 2. The number of fused-ring (bicyclic) bond motifs is 1. The number of aromatic nitrogens is 2. The lowest BCUT2D eigenvalue weighted by atomic mass is 10.1. The second-order valence-corrected chi connectivity index (χ2v) is 3.43. The summed E-state index contributed by atoms with van der Waals surface area (Å²) in [4.78, 5) is 11.6. The minimum Gasteiger partial charge on any atom is -0.465 e. The van der Waals surface area contributed by atoms with Crippen molar-refractivity contribution < 1.29 is 9.53 Å². The fraction of sp³-hybridized carbons (Fsp3) is 0.273. The normalized spacial score (nSPS) is 10.6. The topological polar surface area (TPSA) is 81.0 Å². The zero-order valence-electron chi connectivity index (χ0n) is 8.99. The third kappa shape index (κ3) is 1.65. The standard InChI is InChI=1S/C11H13N3O2/c1-16-11(15)7-3-2-4-8-10(7)9(5-6-12)14-13-8/h2-4H,5-6,12H2,1H3,(H,13,14). The third-order valence-corrected chi connectivity index (χ3v) is 2.46. The molecule has 5 heteroatoms. The van der Waals surface area contributed by atoms with E-state index >= 15 is 0 Å². The summed E-state index contributed by atoms with van der Waals surface area (Å²) in [7, 11) is 1.36. The number of H-pyrrole nitrogens is 1. The number of hydrogen-bond acceptors (Lipinski definition) is 4. The van der Waals surface area contributed by atoms with Crippen molar-refractivity contribution in [3.63, 3.8) is 0 Å². The zero-order valence-corrected chi connectivity index (χ0v) is 8.99. The highest BCUT2D eigenvalue weighted by atomic mass is 16.5. The summed E-state index contributed by atoms with van der Waals surface area (Å²) in [6.07, 6.45) is 0.657. The highest BCUT2D eigenvalue weighted by Crippen LogP contribution is 2.21. The number of methoxy groups -OCH3 is 1. The highest BCUT2D eigenvalue weighted by molar-refractivity contribution is 6.04. The molecule has 0 aliphatic carbocycles. The van der Waals surface area contributed by atoms with Crippen LogP contribution in [0.5, 0.6) is 0 Å². The molecule has 84 valence electrons. The predicted octanol–water partition coefficient (Wildman–Crippen LogP) is 0.851. The van der Waals surface area contributed by atoms with Gasteiger partial charge in [0, 0.05) is 17.5 Å². The van der Waals surface area contributed by atoms with Crippen LogP contribution in [0, 0.1) is 0 Å². The molecular weight excluding hydrogens is 206 g/mol. The van der Waals surface area contributed by atoms with Gasteiger partial charge in [-0.2, -0.15) is 5.10 Å². The van der Waals surface area contributed by atoms with Gasteiger partial charge in [0.05, 0.1) is 18.2 Å². The Morgan fingerprint density at radius 1 is 1.56 bits per heavy atom. The maximum atomic E-state index is 11.6. The molecule has 0 radical (unpaired) electrons. The predicted molar refractivity (Wildman–Crippen MR) is 60.2 cm³/mol. The Hall–Kier alpha value is -1.88. The van der Waals surface area contributed by atoms with Crippen molar-refractivity contribution in [1.82, 2.24) is 10.2 Å². The van der Waals surface area contributed by atoms with Gasteiger partial charge in [-0.1, -0.05) is 6.07 Å². The molecule has 2 rings (SSSR count). The van der Waals surface area contributed by atoms with Gasteiger partial charge in [-0.05, 0) is 18.7 Å². The molecule has 0 atom stereocenters. The van der Waals surface area contributed by atoms with Gasteiger partial charge in [0.15, 0.2) is 0 Å². The van der Waals surface area contributed by atoms with Gasteiger partial charge in [-0.15, -0.1) is 0 Å². The van der Waals surface area contributed by atoms with Crippen molar-refractivity contribution in [1.29, 1.82) is 0 Å². The van der Waals surface area contributed by atoms with E-state index in [1.54, 1.807) is 12.1 Å². The smallest absolute Gasteiger partial charge is 0.338 e. The molecule has 5 nitrogen and oxygen atoms in total. The van der Waals surface area contributed by atoms with E-state index < -0.39 is 0 Å². The summed E-state index contributed by atoms with van der Waals surface area (Å²) in [6, 6.07) is 5.35. The number of benzene rings is 1. The average Bonchev–Trinajstić information content (AvgIpc) is 2.72.